The summed E-state index contributed by atoms with van der Waals surface area (Å²) in [4.78, 5) is 27.6. The number of amides is 2. The first-order chi connectivity index (χ1) is 13.9. The highest BCUT2D eigenvalue weighted by atomic mass is 35.5. The largest absolute Gasteiger partial charge is 0.382 e. The van der Waals surface area contributed by atoms with Crippen LogP contribution in [0.4, 0.5) is 5.69 Å². The molecule has 1 aliphatic rings. The molecule has 0 aromatic heterocycles. The van der Waals surface area contributed by atoms with Crippen molar-refractivity contribution in [2.45, 2.75) is 27.2 Å². The fourth-order valence-corrected chi connectivity index (χ4v) is 3.38. The van der Waals surface area contributed by atoms with Crippen molar-refractivity contribution >= 4 is 34.7 Å². The lowest BCUT2D eigenvalue weighted by molar-refractivity contribution is -0.137. The lowest BCUT2D eigenvalue weighted by Gasteiger charge is -2.15. The average molecular weight is 413 g/mol. The Balaban J connectivity index is 1.97. The number of ether oxygens (including phenoxy) is 1. The Hall–Kier alpha value is -2.63. The molecule has 0 bridgehead atoms. The van der Waals surface area contributed by atoms with Crippen molar-refractivity contribution in [3.63, 3.8) is 0 Å². The molecule has 0 saturated heterocycles. The van der Waals surface area contributed by atoms with Crippen LogP contribution in [-0.2, 0) is 14.3 Å². The third kappa shape index (κ3) is 4.69. The number of carbonyl (C=O) groups excluding carboxylic acids is 2. The minimum Gasteiger partial charge on any atom is -0.382 e. The summed E-state index contributed by atoms with van der Waals surface area (Å²) < 4.78 is 5.35. The molecule has 2 aromatic rings. The minimum atomic E-state index is -0.322. The van der Waals surface area contributed by atoms with E-state index in [1.807, 2.05) is 39.0 Å². The first-order valence-electron chi connectivity index (χ1n) is 9.70. The Morgan fingerprint density at radius 3 is 2.45 bits per heavy atom. The first-order valence-corrected chi connectivity index (χ1v) is 10.1. The maximum atomic E-state index is 13.2. The van der Waals surface area contributed by atoms with Crippen molar-refractivity contribution in [3.8, 4) is 0 Å². The van der Waals surface area contributed by atoms with Crippen molar-refractivity contribution in [2.24, 2.45) is 0 Å². The van der Waals surface area contributed by atoms with Crippen LogP contribution in [0.15, 0.2) is 48.2 Å². The smallest absolute Gasteiger partial charge is 0.278 e. The van der Waals surface area contributed by atoms with Gasteiger partial charge in [-0.1, -0.05) is 35.9 Å². The highest BCUT2D eigenvalue weighted by molar-refractivity contribution is 6.37. The number of anilines is 1. The minimum absolute atomic E-state index is 0.294. The Morgan fingerprint density at radius 1 is 1.03 bits per heavy atom. The van der Waals surface area contributed by atoms with Gasteiger partial charge >= 0.3 is 0 Å². The van der Waals surface area contributed by atoms with E-state index in [0.717, 1.165) is 16.8 Å². The summed E-state index contributed by atoms with van der Waals surface area (Å²) in [5.41, 5.74) is 4.19. The van der Waals surface area contributed by atoms with Gasteiger partial charge in [-0.05, 0) is 62.1 Å². The molecule has 2 amide bonds. The average Bonchev–Trinajstić information content (AvgIpc) is 2.93. The number of nitrogens with one attached hydrogen (secondary N) is 1. The number of aryl methyl sites for hydroxylation is 2. The van der Waals surface area contributed by atoms with E-state index in [1.54, 1.807) is 24.3 Å². The zero-order chi connectivity index (χ0) is 21.0. The molecule has 152 valence electrons. The van der Waals surface area contributed by atoms with Gasteiger partial charge in [0.2, 0.25) is 0 Å². The van der Waals surface area contributed by atoms with E-state index >= 15 is 0 Å². The highest BCUT2D eigenvalue weighted by Gasteiger charge is 2.39. The fraction of sp³-hybridized carbons (Fsp3) is 0.304. The highest BCUT2D eigenvalue weighted by Crippen LogP contribution is 2.32. The summed E-state index contributed by atoms with van der Waals surface area (Å²) >= 11 is 6.01. The summed E-state index contributed by atoms with van der Waals surface area (Å²) in [5, 5.41) is 3.80. The van der Waals surface area contributed by atoms with Crippen LogP contribution in [0.25, 0.3) is 5.57 Å². The van der Waals surface area contributed by atoms with Crippen LogP contribution in [0.3, 0.4) is 0 Å². The Kier molecular flexibility index (Phi) is 6.72. The molecule has 0 unspecified atom stereocenters. The van der Waals surface area contributed by atoms with Crippen molar-refractivity contribution in [1.82, 2.24) is 4.90 Å². The van der Waals surface area contributed by atoms with E-state index in [0.29, 0.717) is 48.0 Å². The summed E-state index contributed by atoms with van der Waals surface area (Å²) in [5.74, 6) is -0.626. The van der Waals surface area contributed by atoms with Crippen LogP contribution in [0.1, 0.15) is 30.0 Å². The van der Waals surface area contributed by atoms with Gasteiger partial charge in [-0.15, -0.1) is 0 Å². The maximum absolute atomic E-state index is 13.2. The quantitative estimate of drug-likeness (QED) is 0.509. The van der Waals surface area contributed by atoms with Gasteiger partial charge in [0, 0.05) is 30.5 Å². The van der Waals surface area contributed by atoms with E-state index < -0.39 is 0 Å². The van der Waals surface area contributed by atoms with E-state index in [-0.39, 0.29) is 11.8 Å². The van der Waals surface area contributed by atoms with Crippen molar-refractivity contribution in [2.75, 3.05) is 25.1 Å². The van der Waals surface area contributed by atoms with Gasteiger partial charge in [-0.2, -0.15) is 0 Å². The number of imide groups is 1. The number of hydrogen-bond acceptors (Lipinski definition) is 4. The molecule has 1 heterocycles. The predicted molar refractivity (Wildman–Crippen MR) is 116 cm³/mol. The molecule has 1 aliphatic heterocycles. The van der Waals surface area contributed by atoms with Crippen molar-refractivity contribution < 1.29 is 14.3 Å². The summed E-state index contributed by atoms with van der Waals surface area (Å²) in [6, 6.07) is 12.9. The van der Waals surface area contributed by atoms with Crippen molar-refractivity contribution in [3.05, 3.63) is 69.9 Å². The third-order valence-corrected chi connectivity index (χ3v) is 5.08. The third-order valence-electron chi connectivity index (χ3n) is 4.83. The normalized spacial score (nSPS) is 14.1. The van der Waals surface area contributed by atoms with Crippen LogP contribution < -0.4 is 5.32 Å². The Bertz CT molecular complexity index is 951. The molecule has 0 fully saturated rings. The molecule has 0 aliphatic carbocycles. The second-order valence-corrected chi connectivity index (χ2v) is 7.45. The van der Waals surface area contributed by atoms with Gasteiger partial charge in [0.25, 0.3) is 11.8 Å². The van der Waals surface area contributed by atoms with E-state index in [4.69, 9.17) is 16.3 Å². The summed E-state index contributed by atoms with van der Waals surface area (Å²) in [7, 11) is 0. The molecule has 2 aromatic carbocycles. The van der Waals surface area contributed by atoms with E-state index in [2.05, 4.69) is 5.32 Å². The van der Waals surface area contributed by atoms with Gasteiger partial charge in [-0.3, -0.25) is 14.5 Å². The topological polar surface area (TPSA) is 58.6 Å². The summed E-state index contributed by atoms with van der Waals surface area (Å²) in [6.45, 7) is 7.29. The SMILES string of the molecule is CCOCCCN1C(=O)C(Nc2cc(C)ccc2C)=C(c2ccc(Cl)cc2)C1=O. The summed E-state index contributed by atoms with van der Waals surface area (Å²) in [6.07, 6.45) is 0.593. The van der Waals surface area contributed by atoms with E-state index in [1.165, 1.54) is 4.90 Å². The molecule has 1 N–H and O–H groups in total. The fourth-order valence-electron chi connectivity index (χ4n) is 3.25. The van der Waals surface area contributed by atoms with Gasteiger partial charge in [0.05, 0.1) is 5.57 Å². The van der Waals surface area contributed by atoms with Crippen LogP contribution >= 0.6 is 11.6 Å². The van der Waals surface area contributed by atoms with Crippen LogP contribution in [0.5, 0.6) is 0 Å². The van der Waals surface area contributed by atoms with Gasteiger partial charge in [-0.25, -0.2) is 0 Å². The van der Waals surface area contributed by atoms with Crippen LogP contribution in [-0.4, -0.2) is 36.5 Å². The first kappa shape index (κ1) is 21.1. The molecule has 3 rings (SSSR count). The second kappa shape index (κ2) is 9.25. The van der Waals surface area contributed by atoms with Gasteiger partial charge in [0.1, 0.15) is 5.70 Å². The number of hydrogen-bond donors (Lipinski definition) is 1. The zero-order valence-electron chi connectivity index (χ0n) is 16.9. The number of rotatable bonds is 8. The van der Waals surface area contributed by atoms with E-state index in [9.17, 15) is 9.59 Å². The number of nitrogens with zero attached hydrogens (tertiary/aromatic N) is 1. The monoisotopic (exact) mass is 412 g/mol. The molecule has 0 saturated carbocycles. The lowest BCUT2D eigenvalue weighted by Crippen LogP contribution is -2.34. The van der Waals surface area contributed by atoms with Crippen LogP contribution in [0.2, 0.25) is 5.02 Å². The van der Waals surface area contributed by atoms with Crippen LogP contribution in [0, 0.1) is 13.8 Å². The second-order valence-electron chi connectivity index (χ2n) is 7.01. The number of halogens is 1. The molecular weight excluding hydrogens is 388 g/mol. The molecule has 29 heavy (non-hydrogen) atoms. The van der Waals surface area contributed by atoms with Gasteiger partial charge in [0.15, 0.2) is 0 Å². The zero-order valence-corrected chi connectivity index (χ0v) is 17.7. The standard InChI is InChI=1S/C23H25ClN2O3/c1-4-29-13-5-12-26-22(27)20(17-8-10-18(24)11-9-17)21(23(26)28)25-19-14-15(2)6-7-16(19)3/h6-11,14,25H,4-5,12-13H2,1-3H3. The molecule has 0 spiro atoms. The lowest BCUT2D eigenvalue weighted by atomic mass is 10.0. The molecule has 5 nitrogen and oxygen atoms in total. The van der Waals surface area contributed by atoms with Crippen molar-refractivity contribution in [1.29, 1.82) is 0 Å². The van der Waals surface area contributed by atoms with Gasteiger partial charge < -0.3 is 10.1 Å². The maximum Gasteiger partial charge on any atom is 0.278 e. The molecular formula is C23H25ClN2O3. The Labute approximate surface area is 176 Å². The molecule has 6 heteroatoms. The number of carbonyl (C=O) groups is 2. The Morgan fingerprint density at radius 2 is 1.76 bits per heavy atom. The number of benzene rings is 2. The molecule has 0 atom stereocenters. The predicted octanol–water partition coefficient (Wildman–Crippen LogP) is 4.58. The molecule has 0 radical (unpaired) electrons.